The van der Waals surface area contributed by atoms with Gasteiger partial charge in [0.25, 0.3) is 0 Å². The largest absolute Gasteiger partial charge is 0.302 e. The Labute approximate surface area is 117 Å². The maximum absolute atomic E-state index is 4.37. The number of nitrogens with zero attached hydrogens (tertiary/aromatic N) is 1. The molecule has 0 spiro atoms. The van der Waals surface area contributed by atoms with Gasteiger partial charge in [0, 0.05) is 22.8 Å². The Balaban J connectivity index is 2.03. The van der Waals surface area contributed by atoms with Gasteiger partial charge in [0.15, 0.2) is 0 Å². The van der Waals surface area contributed by atoms with Crippen molar-refractivity contribution in [1.82, 2.24) is 10.3 Å². The van der Waals surface area contributed by atoms with Crippen molar-refractivity contribution in [2.45, 2.75) is 25.9 Å². The highest BCUT2D eigenvalue weighted by atomic mass is 79.9. The molecular formula is C15H17BrN2. The van der Waals surface area contributed by atoms with E-state index in [4.69, 9.17) is 0 Å². The van der Waals surface area contributed by atoms with Crippen LogP contribution in [0.2, 0.25) is 0 Å². The Kier molecular flexibility index (Phi) is 4.50. The quantitative estimate of drug-likeness (QED) is 0.913. The Hall–Kier alpha value is -1.19. The predicted molar refractivity (Wildman–Crippen MR) is 78.3 cm³/mol. The Bertz CT molecular complexity index is 482. The lowest BCUT2D eigenvalue weighted by Crippen LogP contribution is -2.23. The van der Waals surface area contributed by atoms with Gasteiger partial charge in [-0.15, -0.1) is 0 Å². The molecule has 2 atom stereocenters. The Morgan fingerprint density at radius 1 is 1.00 bits per heavy atom. The van der Waals surface area contributed by atoms with E-state index in [0.29, 0.717) is 6.04 Å². The molecule has 0 saturated heterocycles. The molecule has 1 heterocycles. The molecule has 0 fully saturated rings. The SMILES string of the molecule is CC(N[C@H](C)c1ccc(Br)cc1)c1ccccn1. The van der Waals surface area contributed by atoms with Crippen molar-refractivity contribution in [3.8, 4) is 0 Å². The van der Waals surface area contributed by atoms with Crippen LogP contribution in [0.25, 0.3) is 0 Å². The average molecular weight is 305 g/mol. The summed E-state index contributed by atoms with van der Waals surface area (Å²) in [5, 5.41) is 3.55. The van der Waals surface area contributed by atoms with Gasteiger partial charge in [0.1, 0.15) is 0 Å². The summed E-state index contributed by atoms with van der Waals surface area (Å²) >= 11 is 3.45. The third kappa shape index (κ3) is 3.40. The van der Waals surface area contributed by atoms with Crippen LogP contribution >= 0.6 is 15.9 Å². The van der Waals surface area contributed by atoms with Crippen LogP contribution in [0.1, 0.15) is 37.2 Å². The maximum atomic E-state index is 4.37. The van der Waals surface area contributed by atoms with E-state index < -0.39 is 0 Å². The summed E-state index contributed by atoms with van der Waals surface area (Å²) in [6.45, 7) is 4.31. The molecule has 1 unspecified atom stereocenters. The number of pyridine rings is 1. The monoisotopic (exact) mass is 304 g/mol. The molecule has 1 aromatic carbocycles. The minimum absolute atomic E-state index is 0.241. The molecule has 0 aliphatic carbocycles. The van der Waals surface area contributed by atoms with Crippen LogP contribution in [0.5, 0.6) is 0 Å². The van der Waals surface area contributed by atoms with E-state index in [-0.39, 0.29) is 6.04 Å². The zero-order chi connectivity index (χ0) is 13.0. The molecule has 3 heteroatoms. The Morgan fingerprint density at radius 2 is 1.72 bits per heavy atom. The molecule has 18 heavy (non-hydrogen) atoms. The third-order valence-electron chi connectivity index (χ3n) is 3.00. The molecule has 0 amide bonds. The van der Waals surface area contributed by atoms with Gasteiger partial charge in [-0.3, -0.25) is 4.98 Å². The summed E-state index contributed by atoms with van der Waals surface area (Å²) in [5.74, 6) is 0. The fraction of sp³-hybridized carbons (Fsp3) is 0.267. The standard InChI is InChI=1S/C15H17BrN2/c1-11(13-6-8-14(16)9-7-13)18-12(2)15-5-3-4-10-17-15/h3-12,18H,1-2H3/t11-,12?/m1/s1. The fourth-order valence-corrected chi connectivity index (χ4v) is 2.20. The second kappa shape index (κ2) is 6.12. The van der Waals surface area contributed by atoms with Crippen molar-refractivity contribution in [2.24, 2.45) is 0 Å². The lowest BCUT2D eigenvalue weighted by atomic mass is 10.1. The van der Waals surface area contributed by atoms with Crippen LogP contribution in [0.15, 0.2) is 53.1 Å². The number of benzene rings is 1. The van der Waals surface area contributed by atoms with E-state index in [1.807, 2.05) is 24.4 Å². The van der Waals surface area contributed by atoms with E-state index >= 15 is 0 Å². The number of halogens is 1. The Morgan fingerprint density at radius 3 is 2.33 bits per heavy atom. The first-order valence-electron chi connectivity index (χ1n) is 6.09. The lowest BCUT2D eigenvalue weighted by molar-refractivity contribution is 0.486. The number of nitrogens with one attached hydrogen (secondary N) is 1. The van der Waals surface area contributed by atoms with Crippen LogP contribution < -0.4 is 5.32 Å². The predicted octanol–water partition coefficient (Wildman–Crippen LogP) is 4.26. The molecule has 1 aromatic heterocycles. The van der Waals surface area contributed by atoms with Gasteiger partial charge >= 0.3 is 0 Å². The van der Waals surface area contributed by atoms with Gasteiger partial charge in [-0.2, -0.15) is 0 Å². The summed E-state index contributed by atoms with van der Waals surface area (Å²) in [4.78, 5) is 4.37. The van der Waals surface area contributed by atoms with Gasteiger partial charge in [0.2, 0.25) is 0 Å². The zero-order valence-electron chi connectivity index (χ0n) is 10.6. The molecule has 0 saturated carbocycles. The van der Waals surface area contributed by atoms with E-state index in [9.17, 15) is 0 Å². The molecule has 1 N–H and O–H groups in total. The van der Waals surface area contributed by atoms with Crippen LogP contribution in [-0.4, -0.2) is 4.98 Å². The highest BCUT2D eigenvalue weighted by Crippen LogP contribution is 2.19. The van der Waals surface area contributed by atoms with Crippen LogP contribution in [0, 0.1) is 0 Å². The first-order chi connectivity index (χ1) is 8.66. The first kappa shape index (κ1) is 13.2. The average Bonchev–Trinajstić information content (AvgIpc) is 2.40. The fourth-order valence-electron chi connectivity index (χ4n) is 1.94. The van der Waals surface area contributed by atoms with Crippen molar-refractivity contribution in [3.63, 3.8) is 0 Å². The van der Waals surface area contributed by atoms with Crippen molar-refractivity contribution < 1.29 is 0 Å². The number of hydrogen-bond donors (Lipinski definition) is 1. The molecule has 0 radical (unpaired) electrons. The molecule has 94 valence electrons. The maximum Gasteiger partial charge on any atom is 0.0570 e. The molecule has 2 aromatic rings. The molecule has 0 aliphatic heterocycles. The zero-order valence-corrected chi connectivity index (χ0v) is 12.2. The van der Waals surface area contributed by atoms with Crippen molar-refractivity contribution >= 4 is 15.9 Å². The topological polar surface area (TPSA) is 24.9 Å². The summed E-state index contributed by atoms with van der Waals surface area (Å²) in [6, 6.07) is 14.9. The molecule has 2 nitrogen and oxygen atoms in total. The minimum Gasteiger partial charge on any atom is -0.302 e. The molecule has 0 aliphatic rings. The second-order valence-electron chi connectivity index (χ2n) is 4.42. The summed E-state index contributed by atoms with van der Waals surface area (Å²) in [7, 11) is 0. The third-order valence-corrected chi connectivity index (χ3v) is 3.53. The minimum atomic E-state index is 0.241. The number of rotatable bonds is 4. The van der Waals surface area contributed by atoms with Gasteiger partial charge in [-0.05, 0) is 43.7 Å². The lowest BCUT2D eigenvalue weighted by Gasteiger charge is -2.20. The normalized spacial score (nSPS) is 14.2. The smallest absolute Gasteiger partial charge is 0.0570 e. The van der Waals surface area contributed by atoms with E-state index in [1.54, 1.807) is 0 Å². The van der Waals surface area contributed by atoms with E-state index in [0.717, 1.165) is 10.2 Å². The number of aromatic nitrogens is 1. The van der Waals surface area contributed by atoms with Gasteiger partial charge in [0.05, 0.1) is 5.69 Å². The van der Waals surface area contributed by atoms with Gasteiger partial charge in [-0.25, -0.2) is 0 Å². The summed E-state index contributed by atoms with van der Waals surface area (Å²) < 4.78 is 1.11. The summed E-state index contributed by atoms with van der Waals surface area (Å²) in [6.07, 6.45) is 1.83. The second-order valence-corrected chi connectivity index (χ2v) is 5.33. The molecule has 2 rings (SSSR count). The number of hydrogen-bond acceptors (Lipinski definition) is 2. The van der Waals surface area contributed by atoms with E-state index in [1.165, 1.54) is 5.56 Å². The van der Waals surface area contributed by atoms with Crippen molar-refractivity contribution in [2.75, 3.05) is 0 Å². The highest BCUT2D eigenvalue weighted by Gasteiger charge is 2.11. The van der Waals surface area contributed by atoms with Gasteiger partial charge in [-0.1, -0.05) is 34.1 Å². The molecular weight excluding hydrogens is 288 g/mol. The van der Waals surface area contributed by atoms with Crippen LogP contribution in [0.3, 0.4) is 0 Å². The van der Waals surface area contributed by atoms with Gasteiger partial charge < -0.3 is 5.32 Å². The first-order valence-corrected chi connectivity index (χ1v) is 6.88. The molecule has 0 bridgehead atoms. The van der Waals surface area contributed by atoms with Crippen LogP contribution in [-0.2, 0) is 0 Å². The summed E-state index contributed by atoms with van der Waals surface area (Å²) in [5.41, 5.74) is 2.35. The van der Waals surface area contributed by atoms with Crippen LogP contribution in [0.4, 0.5) is 0 Å². The highest BCUT2D eigenvalue weighted by molar-refractivity contribution is 9.10. The van der Waals surface area contributed by atoms with Crippen molar-refractivity contribution in [3.05, 3.63) is 64.4 Å². The van der Waals surface area contributed by atoms with E-state index in [2.05, 4.69) is 64.3 Å². The van der Waals surface area contributed by atoms with Crippen molar-refractivity contribution in [1.29, 1.82) is 0 Å².